The van der Waals surface area contributed by atoms with Gasteiger partial charge in [-0.05, 0) is 36.1 Å². The lowest BCUT2D eigenvalue weighted by Crippen LogP contribution is -2.11. The van der Waals surface area contributed by atoms with Gasteiger partial charge in [-0.25, -0.2) is 8.42 Å². The number of pyridine rings is 1. The number of aromatic nitrogens is 1. The number of aliphatic hydroxyl groups excluding tert-OH is 1. The van der Waals surface area contributed by atoms with E-state index < -0.39 is 10.0 Å². The SMILES string of the molecule is Cc1cc(NS(=O)(=O)c2cc(CO)cs2)ccn1. The standard InChI is InChI=1S/C11H12N2O3S2/c1-8-4-10(2-3-12-8)13-18(15,16)11-5-9(6-14)7-17-11/h2-5,7,14H,6H2,1H3,(H,12,13). The molecule has 0 bridgehead atoms. The lowest BCUT2D eigenvalue weighted by molar-refractivity contribution is 0.282. The molecule has 0 radical (unpaired) electrons. The molecule has 0 saturated carbocycles. The maximum absolute atomic E-state index is 12.0. The van der Waals surface area contributed by atoms with Crippen molar-refractivity contribution in [3.63, 3.8) is 0 Å². The van der Waals surface area contributed by atoms with Crippen molar-refractivity contribution in [1.29, 1.82) is 0 Å². The lowest BCUT2D eigenvalue weighted by atomic mass is 10.3. The zero-order valence-electron chi connectivity index (χ0n) is 9.62. The average molecular weight is 284 g/mol. The smallest absolute Gasteiger partial charge is 0.271 e. The van der Waals surface area contributed by atoms with Crippen LogP contribution in [0.5, 0.6) is 0 Å². The number of hydrogen-bond acceptors (Lipinski definition) is 5. The van der Waals surface area contributed by atoms with Gasteiger partial charge in [0.25, 0.3) is 10.0 Å². The third kappa shape index (κ3) is 2.87. The second-order valence-electron chi connectivity index (χ2n) is 3.72. The molecule has 0 spiro atoms. The van der Waals surface area contributed by atoms with Gasteiger partial charge in [0.1, 0.15) is 4.21 Å². The van der Waals surface area contributed by atoms with Crippen molar-refractivity contribution < 1.29 is 13.5 Å². The van der Waals surface area contributed by atoms with Gasteiger partial charge in [0.05, 0.1) is 12.3 Å². The van der Waals surface area contributed by atoms with Crippen LogP contribution < -0.4 is 4.72 Å². The van der Waals surface area contributed by atoms with Gasteiger partial charge in [-0.1, -0.05) is 0 Å². The van der Waals surface area contributed by atoms with Gasteiger partial charge in [0.2, 0.25) is 0 Å². The third-order valence-corrected chi connectivity index (χ3v) is 5.10. The molecule has 5 nitrogen and oxygen atoms in total. The normalized spacial score (nSPS) is 11.4. The molecule has 96 valence electrons. The van der Waals surface area contributed by atoms with Crippen LogP contribution in [0.2, 0.25) is 0 Å². The quantitative estimate of drug-likeness (QED) is 0.896. The van der Waals surface area contributed by atoms with Crippen LogP contribution in [0.1, 0.15) is 11.3 Å². The summed E-state index contributed by atoms with van der Waals surface area (Å²) >= 11 is 1.08. The fourth-order valence-electron chi connectivity index (χ4n) is 1.39. The Bertz CT molecular complexity index is 650. The van der Waals surface area contributed by atoms with Gasteiger partial charge in [-0.15, -0.1) is 11.3 Å². The molecule has 2 N–H and O–H groups in total. The van der Waals surface area contributed by atoms with Gasteiger partial charge in [-0.2, -0.15) is 0 Å². The minimum absolute atomic E-state index is 0.166. The summed E-state index contributed by atoms with van der Waals surface area (Å²) in [5.74, 6) is 0. The molecule has 0 amide bonds. The number of rotatable bonds is 4. The summed E-state index contributed by atoms with van der Waals surface area (Å²) in [7, 11) is -3.59. The molecule has 2 aromatic rings. The van der Waals surface area contributed by atoms with Crippen molar-refractivity contribution in [1.82, 2.24) is 4.98 Å². The molecular weight excluding hydrogens is 272 g/mol. The Hall–Kier alpha value is -1.44. The molecule has 2 heterocycles. The highest BCUT2D eigenvalue weighted by atomic mass is 32.2. The van der Waals surface area contributed by atoms with E-state index in [4.69, 9.17) is 5.11 Å². The second-order valence-corrected chi connectivity index (χ2v) is 6.54. The summed E-state index contributed by atoms with van der Waals surface area (Å²) in [4.78, 5) is 3.99. The zero-order valence-corrected chi connectivity index (χ0v) is 11.3. The Morgan fingerprint density at radius 1 is 1.44 bits per heavy atom. The fourth-order valence-corrected chi connectivity index (χ4v) is 3.64. The van der Waals surface area contributed by atoms with E-state index in [1.54, 1.807) is 30.6 Å². The number of sulfonamides is 1. The predicted octanol–water partition coefficient (Wildman–Crippen LogP) is 1.74. The average Bonchev–Trinajstić information content (AvgIpc) is 2.77. The highest BCUT2D eigenvalue weighted by Crippen LogP contribution is 2.23. The summed E-state index contributed by atoms with van der Waals surface area (Å²) in [6, 6.07) is 4.70. The van der Waals surface area contributed by atoms with Crippen LogP contribution in [-0.2, 0) is 16.6 Å². The largest absolute Gasteiger partial charge is 0.392 e. The minimum Gasteiger partial charge on any atom is -0.392 e. The van der Waals surface area contributed by atoms with E-state index in [-0.39, 0.29) is 10.8 Å². The number of aliphatic hydroxyl groups is 1. The van der Waals surface area contributed by atoms with E-state index in [0.29, 0.717) is 11.3 Å². The number of anilines is 1. The molecule has 0 saturated heterocycles. The Morgan fingerprint density at radius 3 is 2.83 bits per heavy atom. The molecule has 2 rings (SSSR count). The molecular formula is C11H12N2O3S2. The van der Waals surface area contributed by atoms with Crippen molar-refractivity contribution >= 4 is 27.0 Å². The number of nitrogens with one attached hydrogen (secondary N) is 1. The van der Waals surface area contributed by atoms with E-state index in [1.807, 2.05) is 0 Å². The van der Waals surface area contributed by atoms with E-state index in [0.717, 1.165) is 17.0 Å². The Balaban J connectivity index is 2.27. The van der Waals surface area contributed by atoms with Gasteiger partial charge < -0.3 is 5.11 Å². The number of aryl methyl sites for hydroxylation is 1. The summed E-state index contributed by atoms with van der Waals surface area (Å²) in [6.45, 7) is 1.62. The third-order valence-electron chi connectivity index (χ3n) is 2.23. The maximum Gasteiger partial charge on any atom is 0.271 e. The van der Waals surface area contributed by atoms with Crippen molar-refractivity contribution in [3.8, 4) is 0 Å². The lowest BCUT2D eigenvalue weighted by Gasteiger charge is -2.06. The number of nitrogens with zero attached hydrogens (tertiary/aromatic N) is 1. The van der Waals surface area contributed by atoms with Gasteiger partial charge in [0, 0.05) is 11.9 Å². The van der Waals surface area contributed by atoms with Crippen LogP contribution in [-0.4, -0.2) is 18.5 Å². The molecule has 0 aliphatic heterocycles. The monoisotopic (exact) mass is 284 g/mol. The molecule has 2 aromatic heterocycles. The Kier molecular flexibility index (Phi) is 3.65. The summed E-state index contributed by atoms with van der Waals surface area (Å²) < 4.78 is 26.7. The summed E-state index contributed by atoms with van der Waals surface area (Å²) in [5.41, 5.74) is 1.80. The molecule has 7 heteroatoms. The van der Waals surface area contributed by atoms with Crippen molar-refractivity contribution in [2.45, 2.75) is 17.7 Å². The zero-order chi connectivity index (χ0) is 13.2. The van der Waals surface area contributed by atoms with E-state index in [9.17, 15) is 8.42 Å². The molecule has 0 aliphatic rings. The van der Waals surface area contributed by atoms with Gasteiger partial charge in [-0.3, -0.25) is 9.71 Å². The molecule has 0 aromatic carbocycles. The second kappa shape index (κ2) is 5.05. The van der Waals surface area contributed by atoms with Crippen LogP contribution >= 0.6 is 11.3 Å². The first kappa shape index (κ1) is 13.0. The number of hydrogen-bond donors (Lipinski definition) is 2. The van der Waals surface area contributed by atoms with Crippen LogP contribution in [0.3, 0.4) is 0 Å². The number of thiophene rings is 1. The van der Waals surface area contributed by atoms with E-state index in [1.165, 1.54) is 6.07 Å². The van der Waals surface area contributed by atoms with Crippen LogP contribution in [0, 0.1) is 6.92 Å². The Labute approximate surface area is 109 Å². The first-order chi connectivity index (χ1) is 8.51. The summed E-state index contributed by atoms with van der Waals surface area (Å²) in [6.07, 6.45) is 1.54. The van der Waals surface area contributed by atoms with Gasteiger partial charge >= 0.3 is 0 Å². The first-order valence-electron chi connectivity index (χ1n) is 5.15. The molecule has 18 heavy (non-hydrogen) atoms. The van der Waals surface area contributed by atoms with Gasteiger partial charge in [0.15, 0.2) is 0 Å². The minimum atomic E-state index is -3.59. The van der Waals surface area contributed by atoms with Crippen molar-refractivity contribution in [2.24, 2.45) is 0 Å². The molecule has 0 aliphatic carbocycles. The van der Waals surface area contributed by atoms with Crippen LogP contribution in [0.4, 0.5) is 5.69 Å². The highest BCUT2D eigenvalue weighted by molar-refractivity contribution is 7.94. The van der Waals surface area contributed by atoms with Crippen molar-refractivity contribution in [2.75, 3.05) is 4.72 Å². The van der Waals surface area contributed by atoms with Crippen molar-refractivity contribution in [3.05, 3.63) is 41.0 Å². The van der Waals surface area contributed by atoms with E-state index >= 15 is 0 Å². The summed E-state index contributed by atoms with van der Waals surface area (Å²) in [5, 5.41) is 10.5. The maximum atomic E-state index is 12.0. The first-order valence-corrected chi connectivity index (χ1v) is 7.51. The molecule has 0 atom stereocenters. The van der Waals surface area contributed by atoms with Crippen LogP contribution in [0.15, 0.2) is 34.0 Å². The Morgan fingerprint density at radius 2 is 2.22 bits per heavy atom. The van der Waals surface area contributed by atoms with Crippen LogP contribution in [0.25, 0.3) is 0 Å². The fraction of sp³-hybridized carbons (Fsp3) is 0.182. The highest BCUT2D eigenvalue weighted by Gasteiger charge is 2.16. The van der Waals surface area contributed by atoms with E-state index in [2.05, 4.69) is 9.71 Å². The predicted molar refractivity (Wildman–Crippen MR) is 70.0 cm³/mol. The molecule has 0 unspecified atom stereocenters. The molecule has 0 fully saturated rings. The topological polar surface area (TPSA) is 79.3 Å².